The zero-order valence-electron chi connectivity index (χ0n) is 8.60. The molecule has 1 aromatic rings. The molecule has 0 amide bonds. The van der Waals surface area contributed by atoms with Crippen LogP contribution in [0.3, 0.4) is 0 Å². The number of primary sulfonamides is 1. The average Bonchev–Trinajstić information content (AvgIpc) is 2.15. The largest absolute Gasteiger partial charge is 0.464 e. The molecule has 96 valence electrons. The Morgan fingerprint density at radius 2 is 2.06 bits per heavy atom. The SMILES string of the molecule is CC(Oc1ncccc1S(N)(=O)=O)C(F)(F)F. The summed E-state index contributed by atoms with van der Waals surface area (Å²) >= 11 is 0. The normalized spacial score (nSPS) is 14.4. The zero-order chi connectivity index (χ0) is 13.3. The van der Waals surface area contributed by atoms with Crippen LogP contribution in [0.5, 0.6) is 5.88 Å². The van der Waals surface area contributed by atoms with Crippen LogP contribution in [0, 0.1) is 0 Å². The van der Waals surface area contributed by atoms with Crippen molar-refractivity contribution in [2.24, 2.45) is 5.14 Å². The lowest BCUT2D eigenvalue weighted by Crippen LogP contribution is -2.32. The van der Waals surface area contributed by atoms with Crippen LogP contribution >= 0.6 is 0 Å². The second-order valence-corrected chi connectivity index (χ2v) is 4.68. The molecule has 9 heteroatoms. The molecule has 0 saturated heterocycles. The number of ether oxygens (including phenoxy) is 1. The van der Waals surface area contributed by atoms with Gasteiger partial charge in [-0.2, -0.15) is 13.2 Å². The van der Waals surface area contributed by atoms with E-state index in [2.05, 4.69) is 9.72 Å². The Kier molecular flexibility index (Phi) is 3.62. The van der Waals surface area contributed by atoms with Gasteiger partial charge in [-0.25, -0.2) is 18.5 Å². The summed E-state index contributed by atoms with van der Waals surface area (Å²) in [4.78, 5) is 2.83. The lowest BCUT2D eigenvalue weighted by Gasteiger charge is -2.17. The van der Waals surface area contributed by atoms with Crippen LogP contribution in [0.4, 0.5) is 13.2 Å². The van der Waals surface area contributed by atoms with Crippen molar-refractivity contribution in [3.8, 4) is 5.88 Å². The molecule has 0 bridgehead atoms. The van der Waals surface area contributed by atoms with E-state index in [1.54, 1.807) is 0 Å². The summed E-state index contributed by atoms with van der Waals surface area (Å²) in [6, 6.07) is 2.24. The zero-order valence-corrected chi connectivity index (χ0v) is 9.42. The van der Waals surface area contributed by atoms with Crippen molar-refractivity contribution in [3.63, 3.8) is 0 Å². The molecule has 0 saturated carbocycles. The van der Waals surface area contributed by atoms with Gasteiger partial charge in [0.1, 0.15) is 4.90 Å². The molecular weight excluding hydrogens is 261 g/mol. The smallest absolute Gasteiger partial charge is 0.425 e. The van der Waals surface area contributed by atoms with Crippen LogP contribution in [0.1, 0.15) is 6.92 Å². The molecule has 0 aliphatic carbocycles. The van der Waals surface area contributed by atoms with E-state index in [1.807, 2.05) is 0 Å². The molecule has 0 aliphatic rings. The van der Waals surface area contributed by atoms with Crippen molar-refractivity contribution in [1.82, 2.24) is 4.98 Å². The molecule has 0 spiro atoms. The van der Waals surface area contributed by atoms with Gasteiger partial charge in [-0.3, -0.25) is 0 Å². The maximum absolute atomic E-state index is 12.2. The van der Waals surface area contributed by atoms with Gasteiger partial charge in [0.25, 0.3) is 0 Å². The number of hydrogen-bond acceptors (Lipinski definition) is 4. The first-order valence-corrected chi connectivity index (χ1v) is 5.88. The molecule has 1 heterocycles. The Hall–Kier alpha value is -1.35. The van der Waals surface area contributed by atoms with Crippen molar-refractivity contribution in [3.05, 3.63) is 18.3 Å². The number of nitrogens with zero attached hydrogens (tertiary/aromatic N) is 1. The Morgan fingerprint density at radius 3 is 2.53 bits per heavy atom. The molecular formula is C8H9F3N2O3S. The summed E-state index contributed by atoms with van der Waals surface area (Å²) in [5.74, 6) is -0.667. The van der Waals surface area contributed by atoms with Crippen molar-refractivity contribution in [2.45, 2.75) is 24.1 Å². The van der Waals surface area contributed by atoms with E-state index in [9.17, 15) is 21.6 Å². The topological polar surface area (TPSA) is 82.3 Å². The number of nitrogens with two attached hydrogens (primary N) is 1. The Morgan fingerprint density at radius 1 is 1.47 bits per heavy atom. The fourth-order valence-corrected chi connectivity index (χ4v) is 1.53. The van der Waals surface area contributed by atoms with Crippen molar-refractivity contribution in [2.75, 3.05) is 0 Å². The quantitative estimate of drug-likeness (QED) is 0.890. The van der Waals surface area contributed by atoms with Gasteiger partial charge in [-0.05, 0) is 19.1 Å². The standard InChI is InChI=1S/C8H9F3N2O3S/c1-5(8(9,10)11)16-7-6(17(12,14)15)3-2-4-13-7/h2-5H,1H3,(H2,12,14,15). The number of rotatable bonds is 3. The maximum atomic E-state index is 12.2. The van der Waals surface area contributed by atoms with Gasteiger partial charge in [0.2, 0.25) is 15.9 Å². The number of hydrogen-bond donors (Lipinski definition) is 1. The molecule has 0 aromatic carbocycles. The highest BCUT2D eigenvalue weighted by molar-refractivity contribution is 7.89. The fraction of sp³-hybridized carbons (Fsp3) is 0.375. The summed E-state index contributed by atoms with van der Waals surface area (Å²) in [6.07, 6.45) is -5.70. The van der Waals surface area contributed by atoms with Crippen molar-refractivity contribution >= 4 is 10.0 Å². The summed E-state index contributed by atoms with van der Waals surface area (Å²) in [7, 11) is -4.18. The maximum Gasteiger partial charge on any atom is 0.425 e. The van der Waals surface area contributed by atoms with Gasteiger partial charge in [0, 0.05) is 6.20 Å². The van der Waals surface area contributed by atoms with Crippen LogP contribution in [0.2, 0.25) is 0 Å². The van der Waals surface area contributed by atoms with E-state index < -0.39 is 33.1 Å². The van der Waals surface area contributed by atoms with Crippen molar-refractivity contribution in [1.29, 1.82) is 0 Å². The number of halogens is 3. The molecule has 2 N–H and O–H groups in total. The Labute approximate surface area is 95.5 Å². The van der Waals surface area contributed by atoms with Crippen LogP contribution < -0.4 is 9.88 Å². The van der Waals surface area contributed by atoms with E-state index in [0.717, 1.165) is 19.2 Å². The van der Waals surface area contributed by atoms with E-state index in [1.165, 1.54) is 6.07 Å². The molecule has 0 aliphatic heterocycles. The predicted octanol–water partition coefficient (Wildman–Crippen LogP) is 1.06. The monoisotopic (exact) mass is 270 g/mol. The minimum absolute atomic E-state index is 0.587. The van der Waals surface area contributed by atoms with Crippen LogP contribution in [-0.4, -0.2) is 25.7 Å². The third-order valence-electron chi connectivity index (χ3n) is 1.79. The van der Waals surface area contributed by atoms with E-state index in [4.69, 9.17) is 5.14 Å². The van der Waals surface area contributed by atoms with Gasteiger partial charge >= 0.3 is 6.18 Å². The molecule has 1 aromatic heterocycles. The summed E-state index contributed by atoms with van der Waals surface area (Å²) in [6.45, 7) is 0.738. The Bertz CT molecular complexity index is 501. The summed E-state index contributed by atoms with van der Waals surface area (Å²) in [5.41, 5.74) is 0. The molecule has 5 nitrogen and oxygen atoms in total. The third kappa shape index (κ3) is 3.56. The molecule has 1 atom stereocenters. The second kappa shape index (κ2) is 4.49. The van der Waals surface area contributed by atoms with Gasteiger partial charge < -0.3 is 4.74 Å². The lowest BCUT2D eigenvalue weighted by atomic mass is 10.4. The van der Waals surface area contributed by atoms with Crippen LogP contribution in [-0.2, 0) is 10.0 Å². The van der Waals surface area contributed by atoms with Crippen molar-refractivity contribution < 1.29 is 26.3 Å². The first-order chi connectivity index (χ1) is 7.62. The van der Waals surface area contributed by atoms with Crippen LogP contribution in [0.15, 0.2) is 23.2 Å². The number of pyridine rings is 1. The lowest BCUT2D eigenvalue weighted by molar-refractivity contribution is -0.190. The number of alkyl halides is 3. The average molecular weight is 270 g/mol. The van der Waals surface area contributed by atoms with Gasteiger partial charge in [-0.15, -0.1) is 0 Å². The molecule has 17 heavy (non-hydrogen) atoms. The third-order valence-corrected chi connectivity index (χ3v) is 2.72. The molecule has 0 radical (unpaired) electrons. The molecule has 1 rings (SSSR count). The highest BCUT2D eigenvalue weighted by atomic mass is 32.2. The first kappa shape index (κ1) is 13.7. The van der Waals surface area contributed by atoms with E-state index in [-0.39, 0.29) is 0 Å². The van der Waals surface area contributed by atoms with Gasteiger partial charge in [0.05, 0.1) is 0 Å². The van der Waals surface area contributed by atoms with E-state index in [0.29, 0.717) is 0 Å². The summed E-state index contributed by atoms with van der Waals surface area (Å²) in [5, 5.41) is 4.81. The highest BCUT2D eigenvalue weighted by Crippen LogP contribution is 2.26. The first-order valence-electron chi connectivity index (χ1n) is 4.33. The van der Waals surface area contributed by atoms with Gasteiger partial charge in [0.15, 0.2) is 6.10 Å². The van der Waals surface area contributed by atoms with Gasteiger partial charge in [-0.1, -0.05) is 0 Å². The summed E-state index contributed by atoms with van der Waals surface area (Å²) < 4.78 is 63.3. The Balaban J connectivity index is 3.09. The number of aromatic nitrogens is 1. The van der Waals surface area contributed by atoms with E-state index >= 15 is 0 Å². The minimum Gasteiger partial charge on any atom is -0.464 e. The second-order valence-electron chi connectivity index (χ2n) is 3.15. The predicted molar refractivity (Wildman–Crippen MR) is 51.8 cm³/mol. The molecule has 1 unspecified atom stereocenters. The minimum atomic E-state index is -4.62. The fourth-order valence-electron chi connectivity index (χ4n) is 0.915. The molecule has 0 fully saturated rings. The number of sulfonamides is 1. The van der Waals surface area contributed by atoms with Crippen LogP contribution in [0.25, 0.3) is 0 Å². The highest BCUT2D eigenvalue weighted by Gasteiger charge is 2.39.